The lowest BCUT2D eigenvalue weighted by Crippen LogP contribution is -2.32. The van der Waals surface area contributed by atoms with E-state index in [2.05, 4.69) is 15.0 Å². The minimum absolute atomic E-state index is 0.0948. The summed E-state index contributed by atoms with van der Waals surface area (Å²) in [4.78, 5) is 10.2. The van der Waals surface area contributed by atoms with E-state index in [9.17, 15) is 4.79 Å². The van der Waals surface area contributed by atoms with Gasteiger partial charge in [0.25, 0.3) is 0 Å². The molecule has 0 aromatic carbocycles. The number of nitrogens with zero attached hydrogens (tertiary/aromatic N) is 2. The molecule has 0 aliphatic carbocycles. The van der Waals surface area contributed by atoms with E-state index in [1.807, 2.05) is 27.7 Å². The molecule has 0 spiro atoms. The zero-order valence-electron chi connectivity index (χ0n) is 9.95. The summed E-state index contributed by atoms with van der Waals surface area (Å²) in [6.07, 6.45) is -0.691. The van der Waals surface area contributed by atoms with Crippen molar-refractivity contribution < 1.29 is 9.53 Å². The molecule has 0 saturated carbocycles. The summed E-state index contributed by atoms with van der Waals surface area (Å²) in [5.41, 5.74) is 0. The predicted octanol–water partition coefficient (Wildman–Crippen LogP) is 3.84. The maximum atomic E-state index is 11.0. The average Bonchev–Trinajstić information content (AvgIpc) is 2.14. The molecule has 0 saturated heterocycles. The second kappa shape index (κ2) is 6.05. The second-order valence-corrected chi connectivity index (χ2v) is 4.54. The molecule has 0 aromatic rings. The normalized spacial score (nSPS) is 12.8. The fraction of sp³-hybridized carbons (Fsp3) is 0.900. The van der Waals surface area contributed by atoms with Crippen molar-refractivity contribution in [2.24, 2.45) is 22.1 Å². The Balaban J connectivity index is 4.62. The standard InChI is InChI=1S/C10H19ClN2O2/c1-6-15-9(14)12-13-10(11,7(2)3)8(4)5/h7-8H,6H2,1-5H3/b13-12+. The van der Waals surface area contributed by atoms with Crippen molar-refractivity contribution in [2.45, 2.75) is 39.6 Å². The summed E-state index contributed by atoms with van der Waals surface area (Å²) in [5.74, 6) is 0.190. The van der Waals surface area contributed by atoms with Gasteiger partial charge in [0.05, 0.1) is 6.61 Å². The molecule has 0 fully saturated rings. The Kier molecular flexibility index (Phi) is 5.80. The number of carbonyl (C=O) groups excluding carboxylic acids is 1. The van der Waals surface area contributed by atoms with Crippen molar-refractivity contribution in [1.29, 1.82) is 0 Å². The Bertz CT molecular complexity index is 232. The maximum absolute atomic E-state index is 11.0. The first-order chi connectivity index (χ1) is 6.84. The number of carbonyl (C=O) groups is 1. The molecule has 0 atom stereocenters. The van der Waals surface area contributed by atoms with Crippen molar-refractivity contribution in [3.8, 4) is 0 Å². The summed E-state index contributed by atoms with van der Waals surface area (Å²) in [6.45, 7) is 9.77. The van der Waals surface area contributed by atoms with Gasteiger partial charge in [-0.25, -0.2) is 4.79 Å². The van der Waals surface area contributed by atoms with Gasteiger partial charge >= 0.3 is 6.09 Å². The van der Waals surface area contributed by atoms with E-state index < -0.39 is 11.1 Å². The van der Waals surface area contributed by atoms with Gasteiger partial charge in [-0.05, 0) is 18.8 Å². The van der Waals surface area contributed by atoms with Crippen LogP contribution < -0.4 is 0 Å². The molecular formula is C10H19ClN2O2. The molecule has 0 aliphatic heterocycles. The third-order valence-corrected chi connectivity index (χ3v) is 3.12. The number of amides is 1. The van der Waals surface area contributed by atoms with Crippen molar-refractivity contribution in [2.75, 3.05) is 6.61 Å². The first-order valence-electron chi connectivity index (χ1n) is 5.13. The Morgan fingerprint density at radius 1 is 1.33 bits per heavy atom. The summed E-state index contributed by atoms with van der Waals surface area (Å²) in [6, 6.07) is 0. The molecule has 88 valence electrons. The highest BCUT2D eigenvalue weighted by Gasteiger charge is 2.35. The number of alkyl halides is 1. The zero-order chi connectivity index (χ0) is 12.1. The van der Waals surface area contributed by atoms with Gasteiger partial charge in [0.1, 0.15) is 0 Å². The lowest BCUT2D eigenvalue weighted by atomic mass is 9.93. The number of hydrogen-bond acceptors (Lipinski definition) is 3. The summed E-state index contributed by atoms with van der Waals surface area (Å²) < 4.78 is 4.64. The van der Waals surface area contributed by atoms with Gasteiger partial charge in [-0.2, -0.15) is 5.11 Å². The molecule has 0 radical (unpaired) electrons. The third kappa shape index (κ3) is 4.16. The first-order valence-corrected chi connectivity index (χ1v) is 5.50. The lowest BCUT2D eigenvalue weighted by molar-refractivity contribution is 0.159. The van der Waals surface area contributed by atoms with Gasteiger partial charge in [0.15, 0.2) is 5.00 Å². The second-order valence-electron chi connectivity index (χ2n) is 3.94. The number of ether oxygens (including phenoxy) is 1. The summed E-state index contributed by atoms with van der Waals surface area (Å²) in [5, 5.41) is 7.35. The molecule has 15 heavy (non-hydrogen) atoms. The van der Waals surface area contributed by atoms with E-state index in [1.165, 1.54) is 0 Å². The van der Waals surface area contributed by atoms with Crippen LogP contribution in [0.25, 0.3) is 0 Å². The Labute approximate surface area is 96.0 Å². The SMILES string of the molecule is CCOC(=O)/N=N/C(Cl)(C(C)C)C(C)C. The molecular weight excluding hydrogens is 216 g/mol. The highest BCUT2D eigenvalue weighted by Crippen LogP contribution is 2.35. The van der Waals surface area contributed by atoms with Crippen molar-refractivity contribution in [3.63, 3.8) is 0 Å². The molecule has 1 amide bonds. The van der Waals surface area contributed by atoms with Gasteiger partial charge in [0, 0.05) is 0 Å². The highest BCUT2D eigenvalue weighted by molar-refractivity contribution is 6.24. The molecule has 0 aliphatic rings. The van der Waals surface area contributed by atoms with Crippen LogP contribution >= 0.6 is 11.6 Å². The summed E-state index contributed by atoms with van der Waals surface area (Å²) in [7, 11) is 0. The van der Waals surface area contributed by atoms with Crippen LogP contribution in [0, 0.1) is 11.8 Å². The number of halogens is 1. The Morgan fingerprint density at radius 3 is 2.13 bits per heavy atom. The van der Waals surface area contributed by atoms with Gasteiger partial charge < -0.3 is 4.74 Å². The van der Waals surface area contributed by atoms with Gasteiger partial charge in [-0.15, -0.1) is 0 Å². The highest BCUT2D eigenvalue weighted by atomic mass is 35.5. The number of azo groups is 1. The molecule has 4 nitrogen and oxygen atoms in total. The fourth-order valence-electron chi connectivity index (χ4n) is 1.17. The van der Waals surface area contributed by atoms with Crippen LogP contribution in [-0.4, -0.2) is 17.7 Å². The van der Waals surface area contributed by atoms with Crippen LogP contribution in [0.15, 0.2) is 10.2 Å². The van der Waals surface area contributed by atoms with Crippen molar-refractivity contribution >= 4 is 17.7 Å². The van der Waals surface area contributed by atoms with Crippen LogP contribution in [-0.2, 0) is 4.74 Å². The van der Waals surface area contributed by atoms with Crippen molar-refractivity contribution in [1.82, 2.24) is 0 Å². The van der Waals surface area contributed by atoms with Crippen molar-refractivity contribution in [3.05, 3.63) is 0 Å². The van der Waals surface area contributed by atoms with Crippen LogP contribution in [0.4, 0.5) is 4.79 Å². The largest absolute Gasteiger partial charge is 0.452 e. The van der Waals surface area contributed by atoms with Gasteiger partial charge in [-0.3, -0.25) is 0 Å². The van der Waals surface area contributed by atoms with E-state index >= 15 is 0 Å². The van der Waals surface area contributed by atoms with Crippen LogP contribution in [0.2, 0.25) is 0 Å². The molecule has 0 aromatic heterocycles. The maximum Gasteiger partial charge on any atom is 0.452 e. The smallest absolute Gasteiger partial charge is 0.447 e. The molecule has 0 heterocycles. The summed E-state index contributed by atoms with van der Waals surface area (Å²) >= 11 is 6.29. The van der Waals surface area contributed by atoms with Crippen LogP contribution in [0.5, 0.6) is 0 Å². The van der Waals surface area contributed by atoms with E-state index in [-0.39, 0.29) is 18.4 Å². The first kappa shape index (κ1) is 14.4. The minimum atomic E-state index is -0.841. The molecule has 0 unspecified atom stereocenters. The molecule has 0 N–H and O–H groups in total. The molecule has 0 bridgehead atoms. The Hall–Kier alpha value is -0.640. The molecule has 0 rings (SSSR count). The van der Waals surface area contributed by atoms with E-state index in [0.717, 1.165) is 0 Å². The lowest BCUT2D eigenvalue weighted by Gasteiger charge is -2.29. The Morgan fingerprint density at radius 2 is 1.80 bits per heavy atom. The minimum Gasteiger partial charge on any atom is -0.447 e. The predicted molar refractivity (Wildman–Crippen MR) is 60.1 cm³/mol. The quantitative estimate of drug-likeness (QED) is 0.422. The van der Waals surface area contributed by atoms with Gasteiger partial charge in [-0.1, -0.05) is 44.4 Å². The number of hydrogen-bond donors (Lipinski definition) is 0. The molecule has 5 heteroatoms. The van der Waals surface area contributed by atoms with Gasteiger partial charge in [0.2, 0.25) is 0 Å². The van der Waals surface area contributed by atoms with E-state index in [0.29, 0.717) is 0 Å². The monoisotopic (exact) mass is 234 g/mol. The van der Waals surface area contributed by atoms with Crippen LogP contribution in [0.1, 0.15) is 34.6 Å². The fourth-order valence-corrected chi connectivity index (χ4v) is 1.21. The van der Waals surface area contributed by atoms with E-state index in [4.69, 9.17) is 11.6 Å². The number of rotatable bonds is 4. The third-order valence-electron chi connectivity index (χ3n) is 2.17. The average molecular weight is 235 g/mol. The van der Waals surface area contributed by atoms with E-state index in [1.54, 1.807) is 6.92 Å². The topological polar surface area (TPSA) is 51.0 Å². The van der Waals surface area contributed by atoms with Crippen LogP contribution in [0.3, 0.4) is 0 Å². The zero-order valence-corrected chi connectivity index (χ0v) is 10.7.